The molecule has 0 spiro atoms. The average Bonchev–Trinajstić information content (AvgIpc) is 2.68. The first-order valence-electron chi connectivity index (χ1n) is 8.49. The van der Waals surface area contributed by atoms with E-state index in [1.807, 2.05) is 36.4 Å². The standard InChI is InChI=1S/C20H22Cl2N2O2S/c1-14(20(26)23-2)24(11-15-6-4-3-5-7-15)19(25)13-27-12-16-8-9-17(21)18(22)10-16/h3-10,14H,11-13H2,1-2H3,(H,23,26). The van der Waals surface area contributed by atoms with Crippen LogP contribution < -0.4 is 5.32 Å². The molecule has 0 saturated carbocycles. The van der Waals surface area contributed by atoms with E-state index in [2.05, 4.69) is 5.32 Å². The molecule has 0 aliphatic carbocycles. The Hall–Kier alpha value is -1.69. The predicted molar refractivity (Wildman–Crippen MR) is 113 cm³/mol. The van der Waals surface area contributed by atoms with Crippen molar-refractivity contribution >= 4 is 46.8 Å². The number of carbonyl (C=O) groups is 2. The molecule has 2 amide bonds. The third kappa shape index (κ3) is 6.45. The van der Waals surface area contributed by atoms with Crippen LogP contribution in [0, 0.1) is 0 Å². The van der Waals surface area contributed by atoms with Crippen LogP contribution in [-0.2, 0) is 21.9 Å². The number of hydrogen-bond donors (Lipinski definition) is 1. The Morgan fingerprint density at radius 1 is 1.07 bits per heavy atom. The van der Waals surface area contributed by atoms with Gasteiger partial charge in [0.15, 0.2) is 0 Å². The zero-order valence-corrected chi connectivity index (χ0v) is 17.6. The van der Waals surface area contributed by atoms with Crippen molar-refractivity contribution in [3.8, 4) is 0 Å². The number of likely N-dealkylation sites (N-methyl/N-ethyl adjacent to an activating group) is 1. The Bertz CT molecular complexity index is 787. The van der Waals surface area contributed by atoms with Gasteiger partial charge in [0.1, 0.15) is 6.04 Å². The van der Waals surface area contributed by atoms with E-state index in [9.17, 15) is 9.59 Å². The van der Waals surface area contributed by atoms with Crippen LogP contribution in [0.15, 0.2) is 48.5 Å². The summed E-state index contributed by atoms with van der Waals surface area (Å²) in [5, 5.41) is 3.62. The SMILES string of the molecule is CNC(=O)C(C)N(Cc1ccccc1)C(=O)CSCc1ccc(Cl)c(Cl)c1. The summed E-state index contributed by atoms with van der Waals surface area (Å²) >= 11 is 13.4. The Balaban J connectivity index is 2.01. The van der Waals surface area contributed by atoms with Crippen molar-refractivity contribution in [3.63, 3.8) is 0 Å². The first-order valence-corrected chi connectivity index (χ1v) is 10.4. The number of benzene rings is 2. The molecule has 1 N–H and O–H groups in total. The van der Waals surface area contributed by atoms with Gasteiger partial charge in [-0.05, 0) is 30.2 Å². The molecule has 0 aliphatic rings. The van der Waals surface area contributed by atoms with Gasteiger partial charge in [0.25, 0.3) is 0 Å². The number of hydrogen-bond acceptors (Lipinski definition) is 3. The molecule has 2 aromatic carbocycles. The van der Waals surface area contributed by atoms with Gasteiger partial charge in [0, 0.05) is 19.3 Å². The van der Waals surface area contributed by atoms with E-state index in [1.54, 1.807) is 31.0 Å². The van der Waals surface area contributed by atoms with Crippen molar-refractivity contribution in [3.05, 3.63) is 69.7 Å². The average molecular weight is 425 g/mol. The van der Waals surface area contributed by atoms with Crippen LogP contribution in [0.3, 0.4) is 0 Å². The lowest BCUT2D eigenvalue weighted by Crippen LogP contribution is -2.47. The minimum atomic E-state index is -0.548. The summed E-state index contributed by atoms with van der Waals surface area (Å²) in [6.07, 6.45) is 0. The first kappa shape index (κ1) is 21.6. The molecular weight excluding hydrogens is 403 g/mol. The summed E-state index contributed by atoms with van der Waals surface area (Å²) in [4.78, 5) is 26.5. The van der Waals surface area contributed by atoms with Crippen molar-refractivity contribution in [1.82, 2.24) is 10.2 Å². The number of nitrogens with zero attached hydrogens (tertiary/aromatic N) is 1. The van der Waals surface area contributed by atoms with Crippen LogP contribution >= 0.6 is 35.0 Å². The van der Waals surface area contributed by atoms with E-state index >= 15 is 0 Å². The van der Waals surface area contributed by atoms with Crippen LogP contribution in [0.4, 0.5) is 0 Å². The van der Waals surface area contributed by atoms with Gasteiger partial charge >= 0.3 is 0 Å². The summed E-state index contributed by atoms with van der Waals surface area (Å²) in [6.45, 7) is 2.13. The fraction of sp³-hybridized carbons (Fsp3) is 0.300. The smallest absolute Gasteiger partial charge is 0.242 e. The molecule has 144 valence electrons. The molecule has 7 heteroatoms. The maximum absolute atomic E-state index is 12.8. The van der Waals surface area contributed by atoms with Gasteiger partial charge in [-0.3, -0.25) is 9.59 Å². The quantitative estimate of drug-likeness (QED) is 0.683. The number of halogens is 2. The highest BCUT2D eigenvalue weighted by Crippen LogP contribution is 2.25. The molecule has 0 saturated heterocycles. The number of thioether (sulfide) groups is 1. The van der Waals surface area contributed by atoms with Crippen LogP contribution in [0.1, 0.15) is 18.1 Å². The molecule has 0 heterocycles. The minimum absolute atomic E-state index is 0.0833. The Labute approximate surface area is 174 Å². The zero-order valence-electron chi connectivity index (χ0n) is 15.2. The number of nitrogens with one attached hydrogen (secondary N) is 1. The Morgan fingerprint density at radius 3 is 2.41 bits per heavy atom. The third-order valence-electron chi connectivity index (χ3n) is 4.09. The highest BCUT2D eigenvalue weighted by atomic mass is 35.5. The molecule has 1 atom stereocenters. The second-order valence-corrected chi connectivity index (χ2v) is 7.84. The van der Waals surface area contributed by atoms with Crippen molar-refractivity contribution < 1.29 is 9.59 Å². The fourth-order valence-corrected chi connectivity index (χ4v) is 3.72. The van der Waals surface area contributed by atoms with Gasteiger partial charge in [0.05, 0.1) is 15.8 Å². The van der Waals surface area contributed by atoms with Gasteiger partial charge in [-0.2, -0.15) is 0 Å². The molecule has 27 heavy (non-hydrogen) atoms. The molecule has 0 fully saturated rings. The van der Waals surface area contributed by atoms with Crippen LogP contribution in [0.2, 0.25) is 10.0 Å². The van der Waals surface area contributed by atoms with Crippen LogP contribution in [0.5, 0.6) is 0 Å². The van der Waals surface area contributed by atoms with E-state index in [1.165, 1.54) is 11.8 Å². The molecule has 2 rings (SSSR count). The largest absolute Gasteiger partial charge is 0.357 e. The molecule has 4 nitrogen and oxygen atoms in total. The van der Waals surface area contributed by atoms with Crippen molar-refractivity contribution in [1.29, 1.82) is 0 Å². The maximum Gasteiger partial charge on any atom is 0.242 e. The van der Waals surface area contributed by atoms with Gasteiger partial charge in [-0.15, -0.1) is 11.8 Å². The number of amides is 2. The third-order valence-corrected chi connectivity index (χ3v) is 5.82. The second-order valence-electron chi connectivity index (χ2n) is 6.04. The van der Waals surface area contributed by atoms with Crippen LogP contribution in [-0.4, -0.2) is 35.6 Å². The maximum atomic E-state index is 12.8. The number of carbonyl (C=O) groups excluding carboxylic acids is 2. The molecule has 2 aromatic rings. The number of rotatable bonds is 8. The van der Waals surface area contributed by atoms with Gasteiger partial charge in [-0.1, -0.05) is 59.6 Å². The van der Waals surface area contributed by atoms with Gasteiger partial charge < -0.3 is 10.2 Å². The topological polar surface area (TPSA) is 49.4 Å². The molecule has 0 aromatic heterocycles. The summed E-state index contributed by atoms with van der Waals surface area (Å²) in [5.74, 6) is 0.638. The molecular formula is C20H22Cl2N2O2S. The predicted octanol–water partition coefficient (Wildman–Crippen LogP) is 4.39. The van der Waals surface area contributed by atoms with Crippen molar-refractivity contribution in [2.45, 2.75) is 25.3 Å². The Morgan fingerprint density at radius 2 is 1.78 bits per heavy atom. The normalized spacial score (nSPS) is 11.7. The van der Waals surface area contributed by atoms with E-state index in [0.29, 0.717) is 22.3 Å². The molecule has 0 aliphatic heterocycles. The molecule has 0 radical (unpaired) electrons. The van der Waals surface area contributed by atoms with E-state index in [4.69, 9.17) is 23.2 Å². The highest BCUT2D eigenvalue weighted by molar-refractivity contribution is 7.99. The molecule has 1 unspecified atom stereocenters. The monoisotopic (exact) mass is 424 g/mol. The van der Waals surface area contributed by atoms with E-state index in [0.717, 1.165) is 11.1 Å². The van der Waals surface area contributed by atoms with Crippen LogP contribution in [0.25, 0.3) is 0 Å². The summed E-state index contributed by atoms with van der Waals surface area (Å²) in [7, 11) is 1.57. The van der Waals surface area contributed by atoms with Gasteiger partial charge in [-0.25, -0.2) is 0 Å². The molecule has 0 bridgehead atoms. The van der Waals surface area contributed by atoms with E-state index < -0.39 is 6.04 Å². The fourth-order valence-electron chi connectivity index (χ4n) is 2.54. The van der Waals surface area contributed by atoms with Crippen molar-refractivity contribution in [2.75, 3.05) is 12.8 Å². The second kappa shape index (κ2) is 10.6. The lowest BCUT2D eigenvalue weighted by atomic mass is 10.1. The van der Waals surface area contributed by atoms with Crippen molar-refractivity contribution in [2.24, 2.45) is 0 Å². The highest BCUT2D eigenvalue weighted by Gasteiger charge is 2.25. The minimum Gasteiger partial charge on any atom is -0.357 e. The summed E-state index contributed by atoms with van der Waals surface area (Å²) in [6, 6.07) is 14.5. The van der Waals surface area contributed by atoms with Gasteiger partial charge in [0.2, 0.25) is 11.8 Å². The van der Waals surface area contributed by atoms with E-state index in [-0.39, 0.29) is 17.6 Å². The summed E-state index contributed by atoms with van der Waals surface area (Å²) in [5.41, 5.74) is 1.98. The lowest BCUT2D eigenvalue weighted by Gasteiger charge is -2.28. The zero-order chi connectivity index (χ0) is 19.8. The Kier molecular flexibility index (Phi) is 8.48. The summed E-state index contributed by atoms with van der Waals surface area (Å²) < 4.78 is 0. The first-order chi connectivity index (χ1) is 12.9. The lowest BCUT2D eigenvalue weighted by molar-refractivity contribution is -0.138.